The SMILES string of the molecule is CCC1=NC(C)(C)NN1. The van der Waals surface area contributed by atoms with Gasteiger partial charge in [-0.3, -0.25) is 0 Å². The van der Waals surface area contributed by atoms with Gasteiger partial charge in [0.15, 0.2) is 0 Å². The van der Waals surface area contributed by atoms with Crippen molar-refractivity contribution in [3.8, 4) is 0 Å². The average molecular weight is 127 g/mol. The van der Waals surface area contributed by atoms with Gasteiger partial charge in [0.2, 0.25) is 0 Å². The Morgan fingerprint density at radius 2 is 2.22 bits per heavy atom. The molecule has 0 aliphatic carbocycles. The molecule has 0 radical (unpaired) electrons. The summed E-state index contributed by atoms with van der Waals surface area (Å²) < 4.78 is 0. The first-order valence-electron chi connectivity index (χ1n) is 3.26. The molecule has 2 N–H and O–H groups in total. The minimum Gasteiger partial charge on any atom is -0.307 e. The number of nitrogens with zero attached hydrogens (tertiary/aromatic N) is 1. The first kappa shape index (κ1) is 6.55. The van der Waals surface area contributed by atoms with E-state index in [4.69, 9.17) is 0 Å². The summed E-state index contributed by atoms with van der Waals surface area (Å²) in [5.41, 5.74) is 5.93. The Morgan fingerprint density at radius 3 is 2.44 bits per heavy atom. The quantitative estimate of drug-likeness (QED) is 0.542. The Kier molecular flexibility index (Phi) is 1.45. The number of aliphatic imine (C=N–C) groups is 1. The van der Waals surface area contributed by atoms with Gasteiger partial charge >= 0.3 is 0 Å². The van der Waals surface area contributed by atoms with Gasteiger partial charge < -0.3 is 5.43 Å². The Morgan fingerprint density at radius 1 is 1.56 bits per heavy atom. The lowest BCUT2D eigenvalue weighted by Crippen LogP contribution is -2.40. The van der Waals surface area contributed by atoms with Crippen LogP contribution in [0.4, 0.5) is 0 Å². The molecule has 1 aliphatic heterocycles. The molecule has 0 aromatic rings. The van der Waals surface area contributed by atoms with Gasteiger partial charge in [0.1, 0.15) is 11.5 Å². The highest BCUT2D eigenvalue weighted by atomic mass is 15.5. The summed E-state index contributed by atoms with van der Waals surface area (Å²) in [7, 11) is 0. The predicted molar refractivity (Wildman–Crippen MR) is 38.1 cm³/mol. The minimum absolute atomic E-state index is 0.106. The molecule has 0 amide bonds. The van der Waals surface area contributed by atoms with Crippen molar-refractivity contribution in [2.24, 2.45) is 4.99 Å². The molecule has 1 heterocycles. The molecular formula is C6H13N3. The van der Waals surface area contributed by atoms with E-state index in [1.165, 1.54) is 0 Å². The molecule has 1 aliphatic rings. The molecule has 0 saturated heterocycles. The maximum Gasteiger partial charge on any atom is 0.123 e. The first-order chi connectivity index (χ1) is 4.14. The zero-order valence-corrected chi connectivity index (χ0v) is 6.15. The van der Waals surface area contributed by atoms with Crippen LogP contribution in [0.2, 0.25) is 0 Å². The molecule has 1 rings (SSSR count). The normalized spacial score (nSPS) is 23.2. The van der Waals surface area contributed by atoms with Gasteiger partial charge in [-0.2, -0.15) is 0 Å². The van der Waals surface area contributed by atoms with E-state index in [1.54, 1.807) is 0 Å². The summed E-state index contributed by atoms with van der Waals surface area (Å²) in [5.74, 6) is 1.04. The summed E-state index contributed by atoms with van der Waals surface area (Å²) in [6, 6.07) is 0. The summed E-state index contributed by atoms with van der Waals surface area (Å²) in [4.78, 5) is 4.33. The second kappa shape index (κ2) is 1.99. The second-order valence-corrected chi connectivity index (χ2v) is 2.72. The van der Waals surface area contributed by atoms with Crippen LogP contribution in [0.25, 0.3) is 0 Å². The maximum atomic E-state index is 4.33. The Hall–Kier alpha value is -0.570. The van der Waals surface area contributed by atoms with Crippen LogP contribution in [0.5, 0.6) is 0 Å². The van der Waals surface area contributed by atoms with Crippen molar-refractivity contribution >= 4 is 5.84 Å². The lowest BCUT2D eigenvalue weighted by Gasteiger charge is -2.11. The van der Waals surface area contributed by atoms with E-state index in [0.29, 0.717) is 0 Å². The molecule has 0 unspecified atom stereocenters. The highest BCUT2D eigenvalue weighted by Crippen LogP contribution is 2.07. The van der Waals surface area contributed by atoms with Gasteiger partial charge in [-0.25, -0.2) is 10.4 Å². The van der Waals surface area contributed by atoms with Crippen molar-refractivity contribution in [2.75, 3.05) is 0 Å². The molecule has 0 spiro atoms. The average Bonchev–Trinajstić information content (AvgIpc) is 2.10. The van der Waals surface area contributed by atoms with E-state index >= 15 is 0 Å². The Labute approximate surface area is 55.5 Å². The molecule has 0 saturated carbocycles. The van der Waals surface area contributed by atoms with Crippen LogP contribution in [0.1, 0.15) is 27.2 Å². The third kappa shape index (κ3) is 1.42. The third-order valence-electron chi connectivity index (χ3n) is 1.26. The number of hydrogen-bond donors (Lipinski definition) is 2. The fourth-order valence-corrected chi connectivity index (χ4v) is 0.786. The van der Waals surface area contributed by atoms with Crippen LogP contribution in [-0.2, 0) is 0 Å². The van der Waals surface area contributed by atoms with Crippen LogP contribution in [0.3, 0.4) is 0 Å². The van der Waals surface area contributed by atoms with Crippen molar-refractivity contribution in [3.05, 3.63) is 0 Å². The lowest BCUT2D eigenvalue weighted by molar-refractivity contribution is 0.422. The lowest BCUT2D eigenvalue weighted by atomic mass is 10.3. The standard InChI is InChI=1S/C6H13N3/c1-4-5-7-6(2,3)9-8-5/h9H,4H2,1-3H3,(H,7,8). The smallest absolute Gasteiger partial charge is 0.123 e. The second-order valence-electron chi connectivity index (χ2n) is 2.72. The van der Waals surface area contributed by atoms with Crippen molar-refractivity contribution in [2.45, 2.75) is 32.9 Å². The van der Waals surface area contributed by atoms with E-state index in [0.717, 1.165) is 12.3 Å². The largest absolute Gasteiger partial charge is 0.307 e. The van der Waals surface area contributed by atoms with Gasteiger partial charge in [0.05, 0.1) is 0 Å². The van der Waals surface area contributed by atoms with Crippen LogP contribution < -0.4 is 10.9 Å². The van der Waals surface area contributed by atoms with E-state index in [9.17, 15) is 0 Å². The van der Waals surface area contributed by atoms with Crippen LogP contribution in [0, 0.1) is 0 Å². The van der Waals surface area contributed by atoms with Crippen molar-refractivity contribution in [1.29, 1.82) is 0 Å². The van der Waals surface area contributed by atoms with Gasteiger partial charge in [0.25, 0.3) is 0 Å². The zero-order valence-electron chi connectivity index (χ0n) is 6.15. The summed E-state index contributed by atoms with van der Waals surface area (Å²) in [5, 5.41) is 0. The van der Waals surface area contributed by atoms with E-state index < -0.39 is 0 Å². The van der Waals surface area contributed by atoms with Crippen molar-refractivity contribution in [1.82, 2.24) is 10.9 Å². The monoisotopic (exact) mass is 127 g/mol. The van der Waals surface area contributed by atoms with Gasteiger partial charge in [-0.05, 0) is 13.8 Å². The Balaban J connectivity index is 2.61. The van der Waals surface area contributed by atoms with Crippen LogP contribution in [0.15, 0.2) is 4.99 Å². The topological polar surface area (TPSA) is 36.4 Å². The summed E-state index contributed by atoms with van der Waals surface area (Å²) >= 11 is 0. The molecule has 0 aromatic heterocycles. The number of hydrogen-bond acceptors (Lipinski definition) is 3. The van der Waals surface area contributed by atoms with Gasteiger partial charge in [-0.1, -0.05) is 6.92 Å². The number of rotatable bonds is 1. The molecule has 0 bridgehead atoms. The Bertz CT molecular complexity index is 137. The molecule has 0 aromatic carbocycles. The highest BCUT2D eigenvalue weighted by Gasteiger charge is 2.21. The predicted octanol–water partition coefficient (Wildman–Crippen LogP) is 0.639. The third-order valence-corrected chi connectivity index (χ3v) is 1.26. The molecule has 9 heavy (non-hydrogen) atoms. The molecule has 0 fully saturated rings. The van der Waals surface area contributed by atoms with Crippen molar-refractivity contribution in [3.63, 3.8) is 0 Å². The summed E-state index contributed by atoms with van der Waals surface area (Å²) in [6.07, 6.45) is 0.969. The van der Waals surface area contributed by atoms with Crippen LogP contribution in [-0.4, -0.2) is 11.5 Å². The number of nitrogens with one attached hydrogen (secondary N) is 2. The zero-order chi connectivity index (χ0) is 6.91. The number of amidine groups is 1. The van der Waals surface area contributed by atoms with Gasteiger partial charge in [-0.15, -0.1) is 0 Å². The van der Waals surface area contributed by atoms with E-state index in [2.05, 4.69) is 22.8 Å². The highest BCUT2D eigenvalue weighted by molar-refractivity contribution is 5.83. The minimum atomic E-state index is -0.106. The maximum absolute atomic E-state index is 4.33. The molecule has 3 nitrogen and oxygen atoms in total. The molecular weight excluding hydrogens is 114 g/mol. The number of hydrazine groups is 1. The molecule has 52 valence electrons. The van der Waals surface area contributed by atoms with E-state index in [1.807, 2.05) is 13.8 Å². The molecule has 0 atom stereocenters. The molecule has 3 heteroatoms. The fraction of sp³-hybridized carbons (Fsp3) is 0.833. The fourth-order valence-electron chi connectivity index (χ4n) is 0.786. The van der Waals surface area contributed by atoms with E-state index in [-0.39, 0.29) is 5.66 Å². The first-order valence-corrected chi connectivity index (χ1v) is 3.26. The summed E-state index contributed by atoms with van der Waals surface area (Å²) in [6.45, 7) is 6.14. The van der Waals surface area contributed by atoms with Gasteiger partial charge in [0, 0.05) is 6.42 Å². The van der Waals surface area contributed by atoms with Crippen molar-refractivity contribution < 1.29 is 0 Å². The van der Waals surface area contributed by atoms with Crippen LogP contribution >= 0.6 is 0 Å².